The van der Waals surface area contributed by atoms with E-state index in [4.69, 9.17) is 5.73 Å². The highest BCUT2D eigenvalue weighted by Crippen LogP contribution is 2.03. The van der Waals surface area contributed by atoms with Gasteiger partial charge in [0.05, 0.1) is 12.2 Å². The molecule has 0 unspecified atom stereocenters. The minimum absolute atomic E-state index is 0.162. The van der Waals surface area contributed by atoms with Crippen LogP contribution in [0.5, 0.6) is 0 Å². The molecule has 0 aliphatic carbocycles. The molecule has 1 heterocycles. The van der Waals surface area contributed by atoms with Gasteiger partial charge in [0, 0.05) is 12.7 Å². The molecule has 4 nitrogen and oxygen atoms in total. The Bertz CT molecular complexity index is 338. The minimum Gasteiger partial charge on any atom is -0.370 e. The van der Waals surface area contributed by atoms with Crippen molar-refractivity contribution in [3.05, 3.63) is 29.8 Å². The Labute approximate surface area is 88.4 Å². The smallest absolute Gasteiger partial charge is 0.188 e. The molecule has 15 heavy (non-hydrogen) atoms. The van der Waals surface area contributed by atoms with Crippen LogP contribution in [0.2, 0.25) is 0 Å². The number of hydrogen-bond acceptors (Lipinski definition) is 2. The molecule has 82 valence electrons. The van der Waals surface area contributed by atoms with Crippen LogP contribution in [-0.2, 0) is 6.54 Å². The third-order valence-electron chi connectivity index (χ3n) is 1.79. The van der Waals surface area contributed by atoms with E-state index in [-0.39, 0.29) is 12.4 Å². The second kappa shape index (κ2) is 5.95. The predicted molar refractivity (Wildman–Crippen MR) is 57.8 cm³/mol. The van der Waals surface area contributed by atoms with E-state index in [1.165, 1.54) is 12.3 Å². The number of halogens is 1. The highest BCUT2D eigenvalue weighted by atomic mass is 19.1. The van der Waals surface area contributed by atoms with Gasteiger partial charge in [-0.25, -0.2) is 9.38 Å². The van der Waals surface area contributed by atoms with E-state index in [0.717, 1.165) is 13.0 Å². The van der Waals surface area contributed by atoms with Crippen molar-refractivity contribution < 1.29 is 4.39 Å². The van der Waals surface area contributed by atoms with Gasteiger partial charge in [0.2, 0.25) is 0 Å². The fourth-order valence-corrected chi connectivity index (χ4v) is 1.00. The lowest BCUT2D eigenvalue weighted by molar-refractivity contribution is 0.599. The Balaban J connectivity index is 2.52. The van der Waals surface area contributed by atoms with Crippen LogP contribution < -0.4 is 11.1 Å². The average Bonchev–Trinajstić information content (AvgIpc) is 2.25. The Morgan fingerprint density at radius 3 is 3.13 bits per heavy atom. The zero-order valence-electron chi connectivity index (χ0n) is 8.70. The number of aromatic nitrogens is 1. The summed E-state index contributed by atoms with van der Waals surface area (Å²) in [7, 11) is 0. The van der Waals surface area contributed by atoms with Gasteiger partial charge in [0.15, 0.2) is 5.96 Å². The minimum atomic E-state index is -0.357. The SMILES string of the molecule is CCCNC(N)=NCc1ncccc1F. The zero-order valence-corrected chi connectivity index (χ0v) is 8.70. The van der Waals surface area contributed by atoms with Crippen LogP contribution in [-0.4, -0.2) is 17.5 Å². The summed E-state index contributed by atoms with van der Waals surface area (Å²) in [6.07, 6.45) is 2.50. The third-order valence-corrected chi connectivity index (χ3v) is 1.79. The standard InChI is InChI=1S/C10H15FN4/c1-2-5-14-10(12)15-7-9-8(11)4-3-6-13-9/h3-4,6H,2,5,7H2,1H3,(H3,12,14,15). The van der Waals surface area contributed by atoms with Gasteiger partial charge in [-0.05, 0) is 18.6 Å². The topological polar surface area (TPSA) is 63.3 Å². The summed E-state index contributed by atoms with van der Waals surface area (Å²) in [5.74, 6) is -0.0357. The van der Waals surface area contributed by atoms with Crippen molar-refractivity contribution in [1.29, 1.82) is 0 Å². The van der Waals surface area contributed by atoms with Gasteiger partial charge in [-0.1, -0.05) is 6.92 Å². The lowest BCUT2D eigenvalue weighted by atomic mass is 10.3. The molecular formula is C10H15FN4. The van der Waals surface area contributed by atoms with Crippen molar-refractivity contribution in [1.82, 2.24) is 10.3 Å². The van der Waals surface area contributed by atoms with Crippen LogP contribution in [0.1, 0.15) is 19.0 Å². The summed E-state index contributed by atoms with van der Waals surface area (Å²) in [6, 6.07) is 2.90. The van der Waals surface area contributed by atoms with E-state index in [0.29, 0.717) is 11.7 Å². The van der Waals surface area contributed by atoms with Crippen molar-refractivity contribution in [2.75, 3.05) is 6.54 Å². The number of guanidine groups is 1. The highest BCUT2D eigenvalue weighted by molar-refractivity contribution is 5.77. The lowest BCUT2D eigenvalue weighted by Crippen LogP contribution is -2.32. The largest absolute Gasteiger partial charge is 0.370 e. The highest BCUT2D eigenvalue weighted by Gasteiger charge is 2.00. The first kappa shape index (κ1) is 11.4. The summed E-state index contributed by atoms with van der Waals surface area (Å²) in [6.45, 7) is 2.95. The Kier molecular flexibility index (Phi) is 4.53. The molecule has 0 saturated carbocycles. The van der Waals surface area contributed by atoms with E-state index in [9.17, 15) is 4.39 Å². The fourth-order valence-electron chi connectivity index (χ4n) is 1.00. The zero-order chi connectivity index (χ0) is 11.1. The molecule has 0 fully saturated rings. The second-order valence-corrected chi connectivity index (χ2v) is 3.06. The molecule has 0 bridgehead atoms. The van der Waals surface area contributed by atoms with Crippen LogP contribution in [0.15, 0.2) is 23.3 Å². The van der Waals surface area contributed by atoms with Gasteiger partial charge in [0.1, 0.15) is 5.82 Å². The maximum Gasteiger partial charge on any atom is 0.188 e. The number of nitrogens with zero attached hydrogens (tertiary/aromatic N) is 2. The summed E-state index contributed by atoms with van der Waals surface area (Å²) in [5, 5.41) is 2.90. The van der Waals surface area contributed by atoms with E-state index < -0.39 is 0 Å². The molecule has 5 heteroatoms. The third kappa shape index (κ3) is 3.93. The van der Waals surface area contributed by atoms with E-state index >= 15 is 0 Å². The molecule has 1 rings (SSSR count). The Morgan fingerprint density at radius 1 is 1.67 bits per heavy atom. The van der Waals surface area contributed by atoms with Crippen LogP contribution in [0, 0.1) is 5.82 Å². The molecule has 0 aromatic carbocycles. The Hall–Kier alpha value is -1.65. The molecule has 1 aromatic heterocycles. The molecule has 0 saturated heterocycles. The van der Waals surface area contributed by atoms with Gasteiger partial charge < -0.3 is 11.1 Å². The summed E-state index contributed by atoms with van der Waals surface area (Å²) >= 11 is 0. The fraction of sp³-hybridized carbons (Fsp3) is 0.400. The molecule has 3 N–H and O–H groups in total. The Morgan fingerprint density at radius 2 is 2.47 bits per heavy atom. The normalized spacial score (nSPS) is 11.5. The molecule has 0 aliphatic heterocycles. The van der Waals surface area contributed by atoms with Crippen molar-refractivity contribution in [2.45, 2.75) is 19.9 Å². The molecule has 0 spiro atoms. The maximum atomic E-state index is 13.1. The number of nitrogens with one attached hydrogen (secondary N) is 1. The molecule has 0 atom stereocenters. The van der Waals surface area contributed by atoms with Crippen molar-refractivity contribution >= 4 is 5.96 Å². The average molecular weight is 210 g/mol. The van der Waals surface area contributed by atoms with E-state index in [2.05, 4.69) is 15.3 Å². The predicted octanol–water partition coefficient (Wildman–Crippen LogP) is 1.03. The first-order valence-electron chi connectivity index (χ1n) is 4.87. The van der Waals surface area contributed by atoms with Gasteiger partial charge >= 0.3 is 0 Å². The van der Waals surface area contributed by atoms with Crippen LogP contribution in [0.3, 0.4) is 0 Å². The van der Waals surface area contributed by atoms with Crippen LogP contribution >= 0.6 is 0 Å². The van der Waals surface area contributed by atoms with Crippen molar-refractivity contribution in [3.8, 4) is 0 Å². The summed E-state index contributed by atoms with van der Waals surface area (Å²) < 4.78 is 13.1. The molecule has 1 aromatic rings. The summed E-state index contributed by atoms with van der Waals surface area (Å²) in [5.41, 5.74) is 5.85. The molecule has 0 amide bonds. The van der Waals surface area contributed by atoms with E-state index in [1.807, 2.05) is 6.92 Å². The number of pyridine rings is 1. The van der Waals surface area contributed by atoms with Gasteiger partial charge in [-0.15, -0.1) is 0 Å². The van der Waals surface area contributed by atoms with Crippen LogP contribution in [0.25, 0.3) is 0 Å². The number of hydrogen-bond donors (Lipinski definition) is 2. The van der Waals surface area contributed by atoms with Gasteiger partial charge in [-0.3, -0.25) is 4.98 Å². The quantitative estimate of drug-likeness (QED) is 0.576. The molecule has 0 aliphatic rings. The van der Waals surface area contributed by atoms with E-state index in [1.54, 1.807) is 6.07 Å². The van der Waals surface area contributed by atoms with Crippen molar-refractivity contribution in [3.63, 3.8) is 0 Å². The monoisotopic (exact) mass is 210 g/mol. The van der Waals surface area contributed by atoms with Gasteiger partial charge in [-0.2, -0.15) is 0 Å². The van der Waals surface area contributed by atoms with Crippen molar-refractivity contribution in [2.24, 2.45) is 10.7 Å². The van der Waals surface area contributed by atoms with Crippen LogP contribution in [0.4, 0.5) is 4.39 Å². The van der Waals surface area contributed by atoms with Gasteiger partial charge in [0.25, 0.3) is 0 Å². The number of aliphatic imine (C=N–C) groups is 1. The number of nitrogens with two attached hydrogens (primary N) is 1. The maximum absolute atomic E-state index is 13.1. The molecular weight excluding hydrogens is 195 g/mol. The molecule has 0 radical (unpaired) electrons. The number of rotatable bonds is 4. The summed E-state index contributed by atoms with van der Waals surface area (Å²) in [4.78, 5) is 7.84. The first-order chi connectivity index (χ1) is 7.24. The second-order valence-electron chi connectivity index (χ2n) is 3.06. The lowest BCUT2D eigenvalue weighted by Gasteiger charge is -2.03. The first-order valence-corrected chi connectivity index (χ1v) is 4.87.